The van der Waals surface area contributed by atoms with Crippen LogP contribution in [0.2, 0.25) is 5.02 Å². The highest BCUT2D eigenvalue weighted by Crippen LogP contribution is 2.39. The molecule has 0 heterocycles. The van der Waals surface area contributed by atoms with Crippen LogP contribution < -0.4 is 0 Å². The van der Waals surface area contributed by atoms with E-state index in [0.29, 0.717) is 17.9 Å². The van der Waals surface area contributed by atoms with Crippen molar-refractivity contribution in [3.8, 4) is 0 Å². The van der Waals surface area contributed by atoms with Gasteiger partial charge < -0.3 is 5.11 Å². The van der Waals surface area contributed by atoms with E-state index in [9.17, 15) is 14.7 Å². The predicted octanol–water partition coefficient (Wildman–Crippen LogP) is 4.12. The average molecular weight is 309 g/mol. The number of carbonyl (C=O) groups is 2. The average Bonchev–Trinajstić information content (AvgIpc) is 2.62. The molecule has 1 aromatic carbocycles. The Morgan fingerprint density at radius 3 is 2.57 bits per heavy atom. The quantitative estimate of drug-likeness (QED) is 0.672. The number of rotatable bonds is 4. The van der Waals surface area contributed by atoms with Crippen LogP contribution in [0.5, 0.6) is 0 Å². The third-order valence-corrected chi connectivity index (χ3v) is 4.82. The second kappa shape index (κ2) is 6.61. The standard InChI is InChI=1S/C17H21ClO3/c1-2-13-5-3-4-10-17(15(13)19,16(20)21)11-12-6-8-14(18)9-7-12/h6-9,13H,2-5,10-11H2,1H3,(H,20,21). The van der Waals surface area contributed by atoms with Crippen LogP contribution in [-0.2, 0) is 16.0 Å². The molecule has 1 N–H and O–H groups in total. The molecule has 0 radical (unpaired) electrons. The lowest BCUT2D eigenvalue weighted by atomic mass is 9.71. The molecule has 0 aliphatic heterocycles. The van der Waals surface area contributed by atoms with Crippen LogP contribution >= 0.6 is 11.6 Å². The van der Waals surface area contributed by atoms with Crippen molar-refractivity contribution in [3.05, 3.63) is 34.9 Å². The molecule has 0 saturated heterocycles. The Morgan fingerprint density at radius 2 is 2.00 bits per heavy atom. The lowest BCUT2D eigenvalue weighted by molar-refractivity contribution is -0.156. The summed E-state index contributed by atoms with van der Waals surface area (Å²) in [4.78, 5) is 24.7. The molecular weight excluding hydrogens is 288 g/mol. The number of hydrogen-bond donors (Lipinski definition) is 1. The fourth-order valence-electron chi connectivity index (χ4n) is 3.27. The van der Waals surface area contributed by atoms with Gasteiger partial charge in [-0.15, -0.1) is 0 Å². The largest absolute Gasteiger partial charge is 0.480 e. The van der Waals surface area contributed by atoms with Gasteiger partial charge in [0.25, 0.3) is 0 Å². The molecule has 21 heavy (non-hydrogen) atoms. The van der Waals surface area contributed by atoms with Gasteiger partial charge in [-0.05, 0) is 43.4 Å². The first-order chi connectivity index (χ1) is 9.99. The second-order valence-corrected chi connectivity index (χ2v) is 6.34. The molecule has 0 aromatic heterocycles. The lowest BCUT2D eigenvalue weighted by Gasteiger charge is -2.29. The number of carboxylic acid groups (broad SMARTS) is 1. The number of halogens is 1. The van der Waals surface area contributed by atoms with Gasteiger partial charge in [-0.1, -0.05) is 43.5 Å². The maximum Gasteiger partial charge on any atom is 0.317 e. The van der Waals surface area contributed by atoms with E-state index >= 15 is 0 Å². The molecular formula is C17H21ClO3. The van der Waals surface area contributed by atoms with Gasteiger partial charge in [-0.3, -0.25) is 9.59 Å². The summed E-state index contributed by atoms with van der Waals surface area (Å²) in [5, 5.41) is 10.4. The molecule has 0 spiro atoms. The van der Waals surface area contributed by atoms with Crippen molar-refractivity contribution in [3.63, 3.8) is 0 Å². The van der Waals surface area contributed by atoms with Crippen LogP contribution in [0.15, 0.2) is 24.3 Å². The highest BCUT2D eigenvalue weighted by molar-refractivity contribution is 6.30. The van der Waals surface area contributed by atoms with Crippen molar-refractivity contribution in [2.24, 2.45) is 11.3 Å². The van der Waals surface area contributed by atoms with Gasteiger partial charge in [-0.2, -0.15) is 0 Å². The zero-order valence-electron chi connectivity index (χ0n) is 12.3. The first-order valence-corrected chi connectivity index (χ1v) is 7.89. The zero-order valence-corrected chi connectivity index (χ0v) is 13.0. The fourth-order valence-corrected chi connectivity index (χ4v) is 3.39. The molecule has 1 saturated carbocycles. The Labute approximate surface area is 130 Å². The maximum atomic E-state index is 12.8. The normalized spacial score (nSPS) is 26.4. The van der Waals surface area contributed by atoms with E-state index in [1.165, 1.54) is 0 Å². The van der Waals surface area contributed by atoms with Gasteiger partial charge in [-0.25, -0.2) is 0 Å². The van der Waals surface area contributed by atoms with Crippen molar-refractivity contribution in [1.29, 1.82) is 0 Å². The fraction of sp³-hybridized carbons (Fsp3) is 0.529. The molecule has 2 rings (SSSR count). The van der Waals surface area contributed by atoms with Gasteiger partial charge in [0.2, 0.25) is 0 Å². The van der Waals surface area contributed by atoms with Crippen LogP contribution in [0.4, 0.5) is 0 Å². The van der Waals surface area contributed by atoms with E-state index in [2.05, 4.69) is 0 Å². The number of carboxylic acids is 1. The predicted molar refractivity (Wildman–Crippen MR) is 82.5 cm³/mol. The van der Waals surface area contributed by atoms with Crippen molar-refractivity contribution in [2.75, 3.05) is 0 Å². The highest BCUT2D eigenvalue weighted by Gasteiger charge is 2.48. The van der Waals surface area contributed by atoms with E-state index in [4.69, 9.17) is 11.6 Å². The van der Waals surface area contributed by atoms with Crippen molar-refractivity contribution in [1.82, 2.24) is 0 Å². The van der Waals surface area contributed by atoms with Crippen molar-refractivity contribution in [2.45, 2.75) is 45.4 Å². The Balaban J connectivity index is 2.36. The Kier molecular flexibility index (Phi) is 5.04. The van der Waals surface area contributed by atoms with E-state index in [-0.39, 0.29) is 18.1 Å². The van der Waals surface area contributed by atoms with Gasteiger partial charge in [0.05, 0.1) is 0 Å². The summed E-state index contributed by atoms with van der Waals surface area (Å²) < 4.78 is 0. The summed E-state index contributed by atoms with van der Waals surface area (Å²) >= 11 is 5.87. The van der Waals surface area contributed by atoms with E-state index in [1.807, 2.05) is 19.1 Å². The SMILES string of the molecule is CCC1CCCCC(Cc2ccc(Cl)cc2)(C(=O)O)C1=O. The number of ketones is 1. The Bertz CT molecular complexity index is 523. The molecule has 3 nitrogen and oxygen atoms in total. The van der Waals surface area contributed by atoms with Crippen molar-refractivity contribution >= 4 is 23.4 Å². The third-order valence-electron chi connectivity index (χ3n) is 4.57. The lowest BCUT2D eigenvalue weighted by Crippen LogP contribution is -2.43. The number of hydrogen-bond acceptors (Lipinski definition) is 2. The van der Waals surface area contributed by atoms with Crippen LogP contribution in [0.1, 0.15) is 44.6 Å². The molecule has 1 fully saturated rings. The molecule has 1 aliphatic carbocycles. The minimum Gasteiger partial charge on any atom is -0.480 e. The summed E-state index contributed by atoms with van der Waals surface area (Å²) in [5.74, 6) is -1.20. The van der Waals surface area contributed by atoms with E-state index in [0.717, 1.165) is 24.8 Å². The highest BCUT2D eigenvalue weighted by atomic mass is 35.5. The Morgan fingerprint density at radius 1 is 1.33 bits per heavy atom. The van der Waals surface area contributed by atoms with Gasteiger partial charge in [0, 0.05) is 10.9 Å². The maximum absolute atomic E-state index is 12.8. The summed E-state index contributed by atoms with van der Waals surface area (Å²) in [6.07, 6.45) is 3.94. The first kappa shape index (κ1) is 16.0. The van der Waals surface area contributed by atoms with Gasteiger partial charge >= 0.3 is 5.97 Å². The minimum absolute atomic E-state index is 0.0926. The monoisotopic (exact) mass is 308 g/mol. The van der Waals surface area contributed by atoms with Crippen LogP contribution in [0, 0.1) is 11.3 Å². The van der Waals surface area contributed by atoms with E-state index < -0.39 is 11.4 Å². The Hall–Kier alpha value is -1.35. The second-order valence-electron chi connectivity index (χ2n) is 5.91. The number of carbonyl (C=O) groups excluding carboxylic acids is 1. The van der Waals surface area contributed by atoms with E-state index in [1.54, 1.807) is 12.1 Å². The molecule has 114 valence electrons. The first-order valence-electron chi connectivity index (χ1n) is 7.52. The molecule has 2 unspecified atom stereocenters. The molecule has 2 atom stereocenters. The van der Waals surface area contributed by atoms with Crippen LogP contribution in [-0.4, -0.2) is 16.9 Å². The molecule has 0 bridgehead atoms. The number of Topliss-reactive ketones (excluding diaryl/α,β-unsaturated/α-hetero) is 1. The zero-order chi connectivity index (χ0) is 15.5. The smallest absolute Gasteiger partial charge is 0.317 e. The summed E-state index contributed by atoms with van der Waals surface area (Å²) in [7, 11) is 0. The van der Waals surface area contributed by atoms with Crippen molar-refractivity contribution < 1.29 is 14.7 Å². The van der Waals surface area contributed by atoms with Gasteiger partial charge in [0.1, 0.15) is 5.41 Å². The van der Waals surface area contributed by atoms with Gasteiger partial charge in [0.15, 0.2) is 5.78 Å². The number of aliphatic carboxylic acids is 1. The molecule has 1 aromatic rings. The molecule has 1 aliphatic rings. The molecule has 4 heteroatoms. The third kappa shape index (κ3) is 3.29. The summed E-state index contributed by atoms with van der Waals surface area (Å²) in [6, 6.07) is 7.11. The summed E-state index contributed by atoms with van der Waals surface area (Å²) in [5.41, 5.74) is -0.419. The minimum atomic E-state index is -1.27. The number of benzene rings is 1. The molecule has 0 amide bonds. The topological polar surface area (TPSA) is 54.4 Å². The summed E-state index contributed by atoms with van der Waals surface area (Å²) in [6.45, 7) is 1.96. The van der Waals surface area contributed by atoms with Crippen LogP contribution in [0.3, 0.4) is 0 Å². The van der Waals surface area contributed by atoms with Crippen LogP contribution in [0.25, 0.3) is 0 Å².